The van der Waals surface area contributed by atoms with Gasteiger partial charge in [-0.25, -0.2) is 0 Å². The molecule has 2 aromatic rings. The van der Waals surface area contributed by atoms with Crippen molar-refractivity contribution in [3.8, 4) is 17.1 Å². The number of amides is 1. The first-order valence-corrected chi connectivity index (χ1v) is 6.08. The minimum Gasteiger partial charge on any atom is -0.497 e. The number of primary amides is 1. The second-order valence-corrected chi connectivity index (χ2v) is 4.76. The summed E-state index contributed by atoms with van der Waals surface area (Å²) in [5.74, 6) is 1.10. The first kappa shape index (κ1) is 11.8. The lowest BCUT2D eigenvalue weighted by atomic mass is 9.82. The third-order valence-corrected chi connectivity index (χ3v) is 3.57. The Morgan fingerprint density at radius 3 is 3.00 bits per heavy atom. The SMILES string of the molecule is COc1ccc2c(c1)-c1onc(C(N)=O)c1C[C@H]2C. The number of benzene rings is 1. The fraction of sp³-hybridized carbons (Fsp3) is 0.286. The van der Waals surface area contributed by atoms with Gasteiger partial charge in [0.2, 0.25) is 0 Å². The Kier molecular flexibility index (Phi) is 2.55. The van der Waals surface area contributed by atoms with Crippen LogP contribution in [0.1, 0.15) is 34.5 Å². The Hall–Kier alpha value is -2.30. The van der Waals surface area contributed by atoms with E-state index in [0.717, 1.165) is 16.9 Å². The van der Waals surface area contributed by atoms with E-state index in [9.17, 15) is 4.79 Å². The van der Waals surface area contributed by atoms with Crippen LogP contribution in [0.15, 0.2) is 22.7 Å². The summed E-state index contributed by atoms with van der Waals surface area (Å²) in [6.45, 7) is 2.10. The summed E-state index contributed by atoms with van der Waals surface area (Å²) in [7, 11) is 1.62. The second-order valence-electron chi connectivity index (χ2n) is 4.76. The van der Waals surface area contributed by atoms with Gasteiger partial charge in [0, 0.05) is 11.1 Å². The first-order chi connectivity index (χ1) is 9.11. The van der Waals surface area contributed by atoms with Gasteiger partial charge in [0.05, 0.1) is 7.11 Å². The molecular weight excluding hydrogens is 244 g/mol. The summed E-state index contributed by atoms with van der Waals surface area (Å²) < 4.78 is 10.5. The number of ether oxygens (including phenoxy) is 1. The fourth-order valence-corrected chi connectivity index (χ4v) is 2.61. The van der Waals surface area contributed by atoms with E-state index in [-0.39, 0.29) is 11.6 Å². The van der Waals surface area contributed by atoms with Crippen LogP contribution in [-0.4, -0.2) is 18.2 Å². The molecule has 0 fully saturated rings. The van der Waals surface area contributed by atoms with Crippen molar-refractivity contribution < 1.29 is 14.1 Å². The molecule has 0 saturated carbocycles. The number of hydrogen-bond acceptors (Lipinski definition) is 4. The number of hydrogen-bond donors (Lipinski definition) is 1. The molecule has 0 unspecified atom stereocenters. The normalized spacial score (nSPS) is 16.6. The van der Waals surface area contributed by atoms with Gasteiger partial charge in [-0.1, -0.05) is 18.1 Å². The monoisotopic (exact) mass is 258 g/mol. The summed E-state index contributed by atoms with van der Waals surface area (Å²) >= 11 is 0. The Labute approximate surface area is 110 Å². The van der Waals surface area contributed by atoms with Gasteiger partial charge in [-0.05, 0) is 30.0 Å². The molecule has 1 aliphatic carbocycles. The van der Waals surface area contributed by atoms with E-state index in [1.165, 1.54) is 5.56 Å². The molecule has 0 bridgehead atoms. The second kappa shape index (κ2) is 4.12. The number of nitrogens with two attached hydrogens (primary N) is 1. The molecule has 2 N–H and O–H groups in total. The lowest BCUT2D eigenvalue weighted by Gasteiger charge is -2.21. The highest BCUT2D eigenvalue weighted by atomic mass is 16.5. The van der Waals surface area contributed by atoms with E-state index < -0.39 is 5.91 Å². The van der Waals surface area contributed by atoms with E-state index in [1.54, 1.807) is 7.11 Å². The molecule has 5 nitrogen and oxygen atoms in total. The minimum atomic E-state index is -0.552. The third-order valence-electron chi connectivity index (χ3n) is 3.57. The maximum Gasteiger partial charge on any atom is 0.271 e. The zero-order chi connectivity index (χ0) is 13.6. The number of nitrogens with zero attached hydrogens (tertiary/aromatic N) is 1. The van der Waals surface area contributed by atoms with Crippen LogP contribution in [0.4, 0.5) is 0 Å². The van der Waals surface area contributed by atoms with Crippen LogP contribution in [0.3, 0.4) is 0 Å². The molecule has 3 rings (SSSR count). The highest BCUT2D eigenvalue weighted by molar-refractivity contribution is 5.94. The summed E-state index contributed by atoms with van der Waals surface area (Å²) in [6.07, 6.45) is 0.705. The summed E-state index contributed by atoms with van der Waals surface area (Å²) in [4.78, 5) is 11.4. The van der Waals surface area contributed by atoms with Crippen molar-refractivity contribution >= 4 is 5.91 Å². The molecule has 0 spiro atoms. The summed E-state index contributed by atoms with van der Waals surface area (Å²) in [6, 6.07) is 5.85. The van der Waals surface area contributed by atoms with Crippen molar-refractivity contribution in [2.45, 2.75) is 19.3 Å². The van der Waals surface area contributed by atoms with E-state index in [1.807, 2.05) is 18.2 Å². The zero-order valence-corrected chi connectivity index (χ0v) is 10.8. The average Bonchev–Trinajstić information content (AvgIpc) is 2.82. The minimum absolute atomic E-state index is 0.232. The molecule has 19 heavy (non-hydrogen) atoms. The van der Waals surface area contributed by atoms with Crippen molar-refractivity contribution in [3.63, 3.8) is 0 Å². The average molecular weight is 258 g/mol. The number of aromatic nitrogens is 1. The van der Waals surface area contributed by atoms with Gasteiger partial charge in [-0.15, -0.1) is 0 Å². The smallest absolute Gasteiger partial charge is 0.271 e. The molecule has 1 heterocycles. The molecular formula is C14H14N2O3. The van der Waals surface area contributed by atoms with E-state index in [0.29, 0.717) is 12.2 Å². The number of methoxy groups -OCH3 is 1. The van der Waals surface area contributed by atoms with Crippen LogP contribution in [0, 0.1) is 0 Å². The van der Waals surface area contributed by atoms with E-state index >= 15 is 0 Å². The zero-order valence-electron chi connectivity index (χ0n) is 10.8. The lowest BCUT2D eigenvalue weighted by Crippen LogP contribution is -2.16. The molecule has 1 aliphatic rings. The maximum atomic E-state index is 11.4. The Morgan fingerprint density at radius 2 is 2.32 bits per heavy atom. The van der Waals surface area contributed by atoms with Crippen molar-refractivity contribution in [1.82, 2.24) is 5.16 Å². The molecule has 5 heteroatoms. The van der Waals surface area contributed by atoms with Gasteiger partial charge in [0.15, 0.2) is 11.5 Å². The first-order valence-electron chi connectivity index (χ1n) is 6.08. The number of carbonyl (C=O) groups excluding carboxylic acids is 1. The highest BCUT2D eigenvalue weighted by Crippen LogP contribution is 2.42. The lowest BCUT2D eigenvalue weighted by molar-refractivity contribution is 0.0991. The third kappa shape index (κ3) is 1.69. The largest absolute Gasteiger partial charge is 0.497 e. The Balaban J connectivity index is 2.23. The fourth-order valence-electron chi connectivity index (χ4n) is 2.61. The van der Waals surface area contributed by atoms with Gasteiger partial charge >= 0.3 is 0 Å². The maximum absolute atomic E-state index is 11.4. The molecule has 0 aliphatic heterocycles. The molecule has 98 valence electrons. The van der Waals surface area contributed by atoms with Crippen molar-refractivity contribution in [1.29, 1.82) is 0 Å². The summed E-state index contributed by atoms with van der Waals surface area (Å²) in [5, 5.41) is 3.80. The predicted octanol–water partition coefficient (Wildman–Crippen LogP) is 2.11. The standard InChI is InChI=1S/C14H14N2O3/c1-7-5-11-12(14(15)17)16-19-13(11)10-6-8(18-2)3-4-9(7)10/h3-4,6-7H,5H2,1-2H3,(H2,15,17)/t7-/m1/s1. The molecule has 1 atom stereocenters. The van der Waals surface area contributed by atoms with E-state index in [4.69, 9.17) is 15.0 Å². The molecule has 1 aromatic heterocycles. The van der Waals surface area contributed by atoms with Gasteiger partial charge in [-0.2, -0.15) is 0 Å². The predicted molar refractivity (Wildman–Crippen MR) is 69.1 cm³/mol. The van der Waals surface area contributed by atoms with Crippen LogP contribution in [-0.2, 0) is 6.42 Å². The van der Waals surface area contributed by atoms with Crippen LogP contribution in [0.25, 0.3) is 11.3 Å². The molecule has 0 radical (unpaired) electrons. The van der Waals surface area contributed by atoms with Crippen LogP contribution >= 0.6 is 0 Å². The van der Waals surface area contributed by atoms with Gasteiger partial charge in [-0.3, -0.25) is 4.79 Å². The molecule has 0 saturated heterocycles. The van der Waals surface area contributed by atoms with Gasteiger partial charge in [0.1, 0.15) is 5.75 Å². The summed E-state index contributed by atoms with van der Waals surface area (Å²) in [5.41, 5.74) is 8.43. The van der Waals surface area contributed by atoms with Crippen molar-refractivity contribution in [3.05, 3.63) is 35.0 Å². The van der Waals surface area contributed by atoms with Crippen LogP contribution in [0.5, 0.6) is 5.75 Å². The molecule has 1 aromatic carbocycles. The Morgan fingerprint density at radius 1 is 1.53 bits per heavy atom. The topological polar surface area (TPSA) is 78.3 Å². The van der Waals surface area contributed by atoms with E-state index in [2.05, 4.69) is 12.1 Å². The molecule has 1 amide bonds. The van der Waals surface area contributed by atoms with Crippen molar-refractivity contribution in [2.75, 3.05) is 7.11 Å². The van der Waals surface area contributed by atoms with Gasteiger partial charge in [0.25, 0.3) is 5.91 Å². The quantitative estimate of drug-likeness (QED) is 0.894. The highest BCUT2D eigenvalue weighted by Gasteiger charge is 2.30. The van der Waals surface area contributed by atoms with Crippen LogP contribution in [0.2, 0.25) is 0 Å². The Bertz CT molecular complexity index is 661. The van der Waals surface area contributed by atoms with Crippen molar-refractivity contribution in [2.24, 2.45) is 5.73 Å². The number of fused-ring (bicyclic) bond motifs is 3. The van der Waals surface area contributed by atoms with Gasteiger partial charge < -0.3 is 15.0 Å². The van der Waals surface area contributed by atoms with Crippen LogP contribution < -0.4 is 10.5 Å². The number of carbonyl (C=O) groups is 1. The number of rotatable bonds is 2.